The van der Waals surface area contributed by atoms with E-state index in [1.165, 1.54) is 0 Å². The van der Waals surface area contributed by atoms with E-state index in [2.05, 4.69) is 29.6 Å². The van der Waals surface area contributed by atoms with E-state index in [0.29, 0.717) is 6.42 Å². The summed E-state index contributed by atoms with van der Waals surface area (Å²) >= 11 is 0. The summed E-state index contributed by atoms with van der Waals surface area (Å²) in [5.74, 6) is -0.347. The van der Waals surface area contributed by atoms with Gasteiger partial charge in [0.2, 0.25) is 0 Å². The highest BCUT2D eigenvalue weighted by Crippen LogP contribution is 2.44. The molecule has 256 valence electrons. The van der Waals surface area contributed by atoms with Crippen molar-refractivity contribution in [3.63, 3.8) is 0 Å². The van der Waals surface area contributed by atoms with Gasteiger partial charge < -0.3 is 24.6 Å². The van der Waals surface area contributed by atoms with Crippen molar-refractivity contribution in [3.05, 3.63) is 131 Å². The normalized spacial score (nSPS) is 14.1. The summed E-state index contributed by atoms with van der Waals surface area (Å²) in [7, 11) is 0. The molecular formula is C42H47NO6. The number of benzene rings is 4. The second-order valence-electron chi connectivity index (χ2n) is 14.5. The second-order valence-corrected chi connectivity index (χ2v) is 14.5. The maximum absolute atomic E-state index is 13.3. The third-order valence-corrected chi connectivity index (χ3v) is 8.15. The van der Waals surface area contributed by atoms with Gasteiger partial charge in [0.05, 0.1) is 12.0 Å². The number of carbonyl (C=O) groups is 2. The predicted octanol–water partition coefficient (Wildman–Crippen LogP) is 8.99. The van der Waals surface area contributed by atoms with Crippen molar-refractivity contribution in [1.82, 2.24) is 5.32 Å². The summed E-state index contributed by atoms with van der Waals surface area (Å²) < 4.78 is 17.7. The Kier molecular flexibility index (Phi) is 10.8. The van der Waals surface area contributed by atoms with Crippen LogP contribution in [0.4, 0.5) is 4.79 Å². The molecule has 0 aromatic heterocycles. The molecule has 49 heavy (non-hydrogen) atoms. The molecular weight excluding hydrogens is 614 g/mol. The molecule has 4 aromatic carbocycles. The number of nitrogens with one attached hydrogen (secondary N) is 1. The average Bonchev–Trinajstić information content (AvgIpc) is 3.35. The smallest absolute Gasteiger partial charge is 0.407 e. The first kappa shape index (κ1) is 35.3. The van der Waals surface area contributed by atoms with Gasteiger partial charge in [-0.05, 0) is 112 Å². The Morgan fingerprint density at radius 1 is 0.694 bits per heavy atom. The molecule has 5 rings (SSSR count). The Morgan fingerprint density at radius 3 is 1.63 bits per heavy atom. The number of carboxylic acids is 1. The van der Waals surface area contributed by atoms with Gasteiger partial charge >= 0.3 is 12.1 Å². The molecule has 2 N–H and O–H groups in total. The number of hydrogen-bond donors (Lipinski definition) is 2. The van der Waals surface area contributed by atoms with Crippen molar-refractivity contribution in [1.29, 1.82) is 0 Å². The zero-order valence-electron chi connectivity index (χ0n) is 29.2. The van der Waals surface area contributed by atoms with Crippen LogP contribution in [0.25, 0.3) is 11.1 Å². The van der Waals surface area contributed by atoms with Crippen molar-refractivity contribution < 1.29 is 28.9 Å². The van der Waals surface area contributed by atoms with Crippen LogP contribution in [0.2, 0.25) is 0 Å². The molecule has 0 spiro atoms. The van der Waals surface area contributed by atoms with Gasteiger partial charge in [0.25, 0.3) is 0 Å². The fraction of sp³-hybridized carbons (Fsp3) is 0.333. The van der Waals surface area contributed by atoms with E-state index in [0.717, 1.165) is 44.9 Å². The van der Waals surface area contributed by atoms with E-state index in [9.17, 15) is 14.7 Å². The minimum absolute atomic E-state index is 0.0703. The number of carbonyl (C=O) groups excluding carboxylic acids is 1. The summed E-state index contributed by atoms with van der Waals surface area (Å²) in [6, 6.07) is 31.1. The number of carboxylic acid groups (broad SMARTS) is 1. The number of rotatable bonds is 12. The van der Waals surface area contributed by atoms with Gasteiger partial charge in [-0.15, -0.1) is 0 Å². The van der Waals surface area contributed by atoms with Crippen LogP contribution in [-0.2, 0) is 22.4 Å². The minimum Gasteiger partial charge on any atom is -0.488 e. The molecule has 0 heterocycles. The standard InChI is InChI=1S/C42H47NO6/c1-41(2,3)48-32-21-15-28(16-22-32)25-30(39(44)45)19-20-31(26-29-17-23-33(24-18-29)49-42(4,5)6)43-40(46)47-27-38-36-13-9-7-11-34(36)35-12-8-10-14-37(35)38/h7-24,30-31,38H,25-27H2,1-6H3,(H,43,46)(H,44,45)/b20-19+/t30-,31+/m0/s1. The van der Waals surface area contributed by atoms with Crippen molar-refractivity contribution in [2.24, 2.45) is 5.92 Å². The predicted molar refractivity (Wildman–Crippen MR) is 193 cm³/mol. The van der Waals surface area contributed by atoms with E-state index in [4.69, 9.17) is 14.2 Å². The van der Waals surface area contributed by atoms with Crippen LogP contribution in [-0.4, -0.2) is 41.0 Å². The highest BCUT2D eigenvalue weighted by atomic mass is 16.5. The second kappa shape index (κ2) is 15.0. The average molecular weight is 662 g/mol. The van der Waals surface area contributed by atoms with Crippen LogP contribution in [0, 0.1) is 5.92 Å². The Morgan fingerprint density at radius 2 is 1.16 bits per heavy atom. The minimum atomic E-state index is -0.949. The first-order chi connectivity index (χ1) is 23.2. The number of ether oxygens (including phenoxy) is 3. The fourth-order valence-electron chi connectivity index (χ4n) is 6.07. The van der Waals surface area contributed by atoms with E-state index >= 15 is 0 Å². The zero-order chi connectivity index (χ0) is 35.2. The lowest BCUT2D eigenvalue weighted by Crippen LogP contribution is -2.36. The van der Waals surface area contributed by atoms with Crippen LogP contribution in [0.1, 0.15) is 69.7 Å². The van der Waals surface area contributed by atoms with Crippen molar-refractivity contribution in [2.75, 3.05) is 6.61 Å². The molecule has 2 atom stereocenters. The molecule has 7 heteroatoms. The third-order valence-electron chi connectivity index (χ3n) is 8.15. The molecule has 1 aliphatic carbocycles. The zero-order valence-corrected chi connectivity index (χ0v) is 29.2. The van der Waals surface area contributed by atoms with Crippen LogP contribution in [0.15, 0.2) is 109 Å². The van der Waals surface area contributed by atoms with Gasteiger partial charge in [-0.1, -0.05) is 84.9 Å². The quantitative estimate of drug-likeness (QED) is 0.147. The lowest BCUT2D eigenvalue weighted by atomic mass is 9.97. The largest absolute Gasteiger partial charge is 0.488 e. The molecule has 0 fully saturated rings. The van der Waals surface area contributed by atoms with Crippen LogP contribution in [0.3, 0.4) is 0 Å². The van der Waals surface area contributed by atoms with Gasteiger partial charge in [-0.2, -0.15) is 0 Å². The molecule has 0 bridgehead atoms. The first-order valence-electron chi connectivity index (χ1n) is 16.8. The number of hydrogen-bond acceptors (Lipinski definition) is 5. The fourth-order valence-corrected chi connectivity index (χ4v) is 6.07. The van der Waals surface area contributed by atoms with Gasteiger partial charge in [0.1, 0.15) is 29.3 Å². The topological polar surface area (TPSA) is 94.1 Å². The number of aliphatic carboxylic acids is 1. The molecule has 0 aliphatic heterocycles. The van der Waals surface area contributed by atoms with Crippen molar-refractivity contribution >= 4 is 12.1 Å². The summed E-state index contributed by atoms with van der Waals surface area (Å²) in [5, 5.41) is 13.1. The van der Waals surface area contributed by atoms with Gasteiger partial charge in [0, 0.05) is 5.92 Å². The van der Waals surface area contributed by atoms with Crippen LogP contribution >= 0.6 is 0 Å². The van der Waals surface area contributed by atoms with E-state index in [1.807, 2.05) is 114 Å². The van der Waals surface area contributed by atoms with Crippen molar-refractivity contribution in [2.45, 2.75) is 77.5 Å². The monoisotopic (exact) mass is 661 g/mol. The lowest BCUT2D eigenvalue weighted by Gasteiger charge is -2.22. The number of amides is 1. The van der Waals surface area contributed by atoms with Gasteiger partial charge in [0.15, 0.2) is 0 Å². The van der Waals surface area contributed by atoms with E-state index in [-0.39, 0.29) is 30.1 Å². The van der Waals surface area contributed by atoms with Crippen LogP contribution in [0.5, 0.6) is 11.5 Å². The highest BCUT2D eigenvalue weighted by Gasteiger charge is 2.29. The van der Waals surface area contributed by atoms with E-state index in [1.54, 1.807) is 12.2 Å². The summed E-state index contributed by atoms with van der Waals surface area (Å²) in [4.78, 5) is 25.7. The molecule has 0 saturated carbocycles. The Labute approximate surface area is 289 Å². The first-order valence-corrected chi connectivity index (χ1v) is 16.8. The summed E-state index contributed by atoms with van der Waals surface area (Å²) in [6.07, 6.45) is 3.58. The van der Waals surface area contributed by atoms with Gasteiger partial charge in [-0.3, -0.25) is 4.79 Å². The number of alkyl carbamates (subject to hydrolysis) is 1. The molecule has 0 saturated heterocycles. The van der Waals surface area contributed by atoms with Crippen LogP contribution < -0.4 is 14.8 Å². The Bertz CT molecular complexity index is 1720. The molecule has 0 radical (unpaired) electrons. The molecule has 1 aliphatic rings. The molecule has 7 nitrogen and oxygen atoms in total. The maximum Gasteiger partial charge on any atom is 0.407 e. The molecule has 4 aromatic rings. The Hall–Kier alpha value is -5.04. The number of fused-ring (bicyclic) bond motifs is 3. The Balaban J connectivity index is 1.30. The van der Waals surface area contributed by atoms with E-state index < -0.39 is 24.0 Å². The summed E-state index contributed by atoms with van der Waals surface area (Å²) in [6.45, 7) is 12.1. The van der Waals surface area contributed by atoms with Crippen molar-refractivity contribution in [3.8, 4) is 22.6 Å². The third kappa shape index (κ3) is 9.99. The SMILES string of the molecule is CC(C)(C)Oc1ccc(C[C@@H](/C=C/[C@@H](Cc2ccc(OC(C)(C)C)cc2)C(=O)O)NC(=O)OCC2c3ccccc3-c3ccccc32)cc1. The highest BCUT2D eigenvalue weighted by molar-refractivity contribution is 5.79. The maximum atomic E-state index is 13.3. The molecule has 0 unspecified atom stereocenters. The summed E-state index contributed by atoms with van der Waals surface area (Å²) in [5.41, 5.74) is 5.74. The van der Waals surface area contributed by atoms with Gasteiger partial charge in [-0.25, -0.2) is 4.79 Å². The molecule has 1 amide bonds. The lowest BCUT2D eigenvalue weighted by molar-refractivity contribution is -0.140.